The van der Waals surface area contributed by atoms with Crippen molar-refractivity contribution in [3.8, 4) is 0 Å². The van der Waals surface area contributed by atoms with Crippen molar-refractivity contribution in [3.63, 3.8) is 0 Å². The molecule has 1 amide bonds. The predicted octanol–water partition coefficient (Wildman–Crippen LogP) is 4.11. The van der Waals surface area contributed by atoms with Gasteiger partial charge in [0.05, 0.1) is 11.4 Å². The van der Waals surface area contributed by atoms with Gasteiger partial charge in [0.25, 0.3) is 0 Å². The van der Waals surface area contributed by atoms with Gasteiger partial charge in [0, 0.05) is 13.1 Å². The first-order valence-electron chi connectivity index (χ1n) is 10.1. The van der Waals surface area contributed by atoms with Gasteiger partial charge >= 0.3 is 0 Å². The van der Waals surface area contributed by atoms with Gasteiger partial charge in [-0.1, -0.05) is 67.8 Å². The van der Waals surface area contributed by atoms with Gasteiger partial charge in [-0.05, 0) is 43.9 Å². The molecule has 0 aromatic heterocycles. The van der Waals surface area contributed by atoms with E-state index in [0.29, 0.717) is 17.7 Å². The number of sulfonamides is 1. The van der Waals surface area contributed by atoms with Crippen LogP contribution in [0.5, 0.6) is 0 Å². The van der Waals surface area contributed by atoms with Crippen LogP contribution in [0.4, 0.5) is 0 Å². The van der Waals surface area contributed by atoms with E-state index in [4.69, 9.17) is 0 Å². The van der Waals surface area contributed by atoms with Crippen molar-refractivity contribution >= 4 is 15.9 Å². The Morgan fingerprint density at radius 1 is 1.00 bits per heavy atom. The molecule has 0 heterocycles. The molecule has 2 rings (SSSR count). The summed E-state index contributed by atoms with van der Waals surface area (Å²) in [6.45, 7) is 8.17. The number of carbonyl (C=O) groups is 1. The first kappa shape index (κ1) is 23.1. The zero-order valence-corrected chi connectivity index (χ0v) is 18.7. The van der Waals surface area contributed by atoms with E-state index in [1.54, 1.807) is 13.8 Å². The van der Waals surface area contributed by atoms with E-state index < -0.39 is 10.0 Å². The summed E-state index contributed by atoms with van der Waals surface area (Å²) < 4.78 is 28.4. The Hall–Kier alpha value is -2.18. The Bertz CT molecular complexity index is 901. The molecule has 2 aromatic carbocycles. The zero-order chi connectivity index (χ0) is 21.4. The highest BCUT2D eigenvalue weighted by atomic mass is 32.2. The summed E-state index contributed by atoms with van der Waals surface area (Å²) in [5.41, 5.74) is 3.26. The van der Waals surface area contributed by atoms with Crippen LogP contribution in [0.1, 0.15) is 48.4 Å². The van der Waals surface area contributed by atoms with E-state index in [1.807, 2.05) is 49.4 Å². The van der Waals surface area contributed by atoms with E-state index in [0.717, 1.165) is 30.4 Å². The van der Waals surface area contributed by atoms with Crippen LogP contribution in [0.3, 0.4) is 0 Å². The Labute approximate surface area is 175 Å². The largest absolute Gasteiger partial charge is 0.355 e. The molecule has 5 nitrogen and oxygen atoms in total. The molecular formula is C23H32N2O3S. The van der Waals surface area contributed by atoms with Gasteiger partial charge in [0.2, 0.25) is 15.9 Å². The number of nitrogens with one attached hydrogen (secondary N) is 1. The summed E-state index contributed by atoms with van der Waals surface area (Å²) in [6.07, 6.45) is 2.99. The van der Waals surface area contributed by atoms with Gasteiger partial charge in [-0.25, -0.2) is 8.42 Å². The average molecular weight is 417 g/mol. The summed E-state index contributed by atoms with van der Waals surface area (Å²) in [5, 5.41) is 2.85. The maximum absolute atomic E-state index is 13.5. The summed E-state index contributed by atoms with van der Waals surface area (Å²) in [5.74, 6) is -0.275. The van der Waals surface area contributed by atoms with Crippen molar-refractivity contribution in [2.75, 3.05) is 13.1 Å². The van der Waals surface area contributed by atoms with Crippen molar-refractivity contribution in [1.82, 2.24) is 9.62 Å². The highest BCUT2D eigenvalue weighted by Crippen LogP contribution is 2.26. The Kier molecular flexibility index (Phi) is 8.41. The van der Waals surface area contributed by atoms with Gasteiger partial charge in [-0.15, -0.1) is 0 Å². The molecule has 0 unspecified atom stereocenters. The number of aryl methyl sites for hydroxylation is 3. The monoisotopic (exact) mass is 416 g/mol. The molecule has 0 atom stereocenters. The molecule has 0 aliphatic rings. The van der Waals surface area contributed by atoms with E-state index in [9.17, 15) is 13.2 Å². The third kappa shape index (κ3) is 6.41. The lowest BCUT2D eigenvalue weighted by atomic mass is 10.1. The molecule has 0 saturated carbocycles. The molecular weight excluding hydrogens is 384 g/mol. The normalized spacial score (nSPS) is 11.6. The van der Waals surface area contributed by atoms with E-state index >= 15 is 0 Å². The van der Waals surface area contributed by atoms with Crippen molar-refractivity contribution in [2.24, 2.45) is 0 Å². The fraction of sp³-hybridized carbons (Fsp3) is 0.435. The van der Waals surface area contributed by atoms with Gasteiger partial charge in [0.15, 0.2) is 0 Å². The molecule has 2 aromatic rings. The minimum Gasteiger partial charge on any atom is -0.355 e. The van der Waals surface area contributed by atoms with Crippen LogP contribution in [0, 0.1) is 20.8 Å². The molecule has 0 aliphatic carbocycles. The van der Waals surface area contributed by atoms with Crippen molar-refractivity contribution in [2.45, 2.75) is 58.4 Å². The highest BCUT2D eigenvalue weighted by molar-refractivity contribution is 7.89. The van der Waals surface area contributed by atoms with E-state index in [2.05, 4.69) is 12.2 Å². The Morgan fingerprint density at radius 2 is 1.62 bits per heavy atom. The molecule has 29 heavy (non-hydrogen) atoms. The lowest BCUT2D eigenvalue weighted by Gasteiger charge is -2.24. The lowest BCUT2D eigenvalue weighted by molar-refractivity contribution is -0.121. The van der Waals surface area contributed by atoms with Crippen molar-refractivity contribution in [1.29, 1.82) is 0 Å². The minimum absolute atomic E-state index is 0.151. The van der Waals surface area contributed by atoms with Crippen LogP contribution >= 0.6 is 0 Å². The molecule has 0 fully saturated rings. The van der Waals surface area contributed by atoms with Crippen LogP contribution < -0.4 is 5.32 Å². The van der Waals surface area contributed by atoms with Crippen LogP contribution in [-0.4, -0.2) is 31.7 Å². The minimum atomic E-state index is -3.84. The third-order valence-corrected chi connectivity index (χ3v) is 6.92. The number of nitrogens with zero attached hydrogens (tertiary/aromatic N) is 1. The maximum Gasteiger partial charge on any atom is 0.244 e. The summed E-state index contributed by atoms with van der Waals surface area (Å²) >= 11 is 0. The average Bonchev–Trinajstić information content (AvgIpc) is 2.64. The lowest BCUT2D eigenvalue weighted by Crippen LogP contribution is -2.41. The molecule has 6 heteroatoms. The van der Waals surface area contributed by atoms with Crippen molar-refractivity contribution in [3.05, 3.63) is 64.7 Å². The molecule has 0 spiro atoms. The first-order valence-corrected chi connectivity index (χ1v) is 11.6. The third-order valence-electron chi connectivity index (χ3n) is 4.83. The maximum atomic E-state index is 13.5. The van der Waals surface area contributed by atoms with Crippen LogP contribution in [0.2, 0.25) is 0 Å². The Balaban J connectivity index is 2.32. The van der Waals surface area contributed by atoms with E-state index in [-0.39, 0.29) is 23.9 Å². The van der Waals surface area contributed by atoms with E-state index in [1.165, 1.54) is 4.31 Å². The molecule has 0 saturated heterocycles. The highest BCUT2D eigenvalue weighted by Gasteiger charge is 2.29. The van der Waals surface area contributed by atoms with Crippen LogP contribution in [0.25, 0.3) is 0 Å². The Morgan fingerprint density at radius 3 is 2.21 bits per heavy atom. The quantitative estimate of drug-likeness (QED) is 0.593. The molecule has 158 valence electrons. The van der Waals surface area contributed by atoms with Gasteiger partial charge in [-0.3, -0.25) is 4.79 Å². The summed E-state index contributed by atoms with van der Waals surface area (Å²) in [4.78, 5) is 12.8. The molecule has 1 N–H and O–H groups in total. The fourth-order valence-electron chi connectivity index (χ4n) is 3.53. The number of benzene rings is 2. The number of carbonyl (C=O) groups excluding carboxylic acids is 1. The standard InChI is InChI=1S/C23H32N2O3S/c1-5-6-10-13-24-22(26)17-25(16-21-11-8-7-9-12-21)29(27,28)23-19(3)14-18(2)15-20(23)4/h7-9,11-12,14-15H,5-6,10,13,16-17H2,1-4H3,(H,24,26). The zero-order valence-electron chi connectivity index (χ0n) is 17.9. The number of amides is 1. The second-order valence-electron chi connectivity index (χ2n) is 7.54. The number of hydrogen-bond acceptors (Lipinski definition) is 3. The molecule has 0 bridgehead atoms. The second kappa shape index (κ2) is 10.6. The predicted molar refractivity (Wildman–Crippen MR) is 117 cm³/mol. The second-order valence-corrected chi connectivity index (χ2v) is 9.42. The smallest absolute Gasteiger partial charge is 0.244 e. The number of rotatable bonds is 10. The van der Waals surface area contributed by atoms with Gasteiger partial charge in [0.1, 0.15) is 0 Å². The first-order chi connectivity index (χ1) is 13.8. The molecule has 0 aliphatic heterocycles. The topological polar surface area (TPSA) is 66.5 Å². The summed E-state index contributed by atoms with van der Waals surface area (Å²) in [7, 11) is -3.84. The fourth-order valence-corrected chi connectivity index (χ4v) is 5.33. The number of unbranched alkanes of at least 4 members (excludes halogenated alkanes) is 2. The number of hydrogen-bond donors (Lipinski definition) is 1. The summed E-state index contributed by atoms with van der Waals surface area (Å²) in [6, 6.07) is 13.1. The SMILES string of the molecule is CCCCCNC(=O)CN(Cc1ccccc1)S(=O)(=O)c1c(C)cc(C)cc1C. The molecule has 0 radical (unpaired) electrons. The van der Waals surface area contributed by atoms with Gasteiger partial charge < -0.3 is 5.32 Å². The van der Waals surface area contributed by atoms with Crippen LogP contribution in [-0.2, 0) is 21.4 Å². The van der Waals surface area contributed by atoms with Gasteiger partial charge in [-0.2, -0.15) is 4.31 Å². The van der Waals surface area contributed by atoms with Crippen LogP contribution in [0.15, 0.2) is 47.4 Å². The van der Waals surface area contributed by atoms with Crippen molar-refractivity contribution < 1.29 is 13.2 Å².